The van der Waals surface area contributed by atoms with E-state index in [0.717, 1.165) is 16.0 Å². The minimum Gasteiger partial charge on any atom is -0.495 e. The van der Waals surface area contributed by atoms with Gasteiger partial charge in [-0.3, -0.25) is 44.5 Å². The molecule has 0 aliphatic carbocycles. The SMILES string of the molecule is COc1cc2cc(c1Cl)N(C)C(=O)C[C@H](OC(=O)Nc1ccc(NC(=O)[C@H](CCCNC(N)=O)NC(=O)[C@@H](NC(=S)NCCCCN3C(=O)C=CC3=O)C(C)C)c3ncccc13)[C@]1(C)O[C@H]1[C@H](C)[C@@H]1C[C@@](O)(NC(=O)O1)[C@H](OC)/C=C/C=C(\C)C2. The third-order valence-electron chi connectivity index (χ3n) is 15.3. The molecule has 7 rings (SSSR count). The molecule has 4 bridgehead atoms. The first-order valence-electron chi connectivity index (χ1n) is 27.8. The van der Waals surface area contributed by atoms with Crippen LogP contribution in [-0.2, 0) is 49.3 Å². The van der Waals surface area contributed by atoms with Gasteiger partial charge in [0, 0.05) is 69.9 Å². The van der Waals surface area contributed by atoms with Crippen molar-refractivity contribution in [3.8, 4) is 5.75 Å². The van der Waals surface area contributed by atoms with E-state index in [1.165, 1.54) is 56.6 Å². The fourth-order valence-electron chi connectivity index (χ4n) is 10.5. The van der Waals surface area contributed by atoms with E-state index in [1.807, 2.05) is 13.0 Å². The number of ether oxygens (including phenoxy) is 5. The van der Waals surface area contributed by atoms with Gasteiger partial charge in [-0.15, -0.1) is 0 Å². The van der Waals surface area contributed by atoms with E-state index < -0.39 is 96.1 Å². The Balaban J connectivity index is 1.09. The molecular formula is C58H74ClN11O14S. The van der Waals surface area contributed by atoms with Crippen molar-refractivity contribution in [2.45, 2.75) is 127 Å². The molecule has 0 unspecified atom stereocenters. The summed E-state index contributed by atoms with van der Waals surface area (Å²) in [5, 5.41) is 32.2. The lowest BCUT2D eigenvalue weighted by molar-refractivity contribution is -0.142. The van der Waals surface area contributed by atoms with Gasteiger partial charge < -0.3 is 66.0 Å². The molecule has 2 aromatic carbocycles. The number of primary amides is 1. The highest BCUT2D eigenvalue weighted by Gasteiger charge is 2.64. The molecule has 5 heterocycles. The Hall–Kier alpha value is -7.91. The predicted octanol–water partition coefficient (Wildman–Crippen LogP) is 4.99. The maximum Gasteiger partial charge on any atom is 0.412 e. The summed E-state index contributed by atoms with van der Waals surface area (Å²) in [6.45, 7) is 9.66. The number of benzene rings is 2. The van der Waals surface area contributed by atoms with Gasteiger partial charge in [0.05, 0.1) is 42.2 Å². The van der Waals surface area contributed by atoms with Gasteiger partial charge in [-0.25, -0.2) is 14.4 Å². The monoisotopic (exact) mass is 1220 g/mol. The molecule has 3 aromatic rings. The number of alkyl carbamates (subject to hydrolysis) is 1. The van der Waals surface area contributed by atoms with Crippen LogP contribution in [0, 0.1) is 11.8 Å². The number of hydrogen-bond acceptors (Lipinski definition) is 16. The number of carbonyl (C=O) groups is 8. The number of anilines is 3. The summed E-state index contributed by atoms with van der Waals surface area (Å²) in [5.41, 5.74) is 4.63. The molecule has 1 aromatic heterocycles. The van der Waals surface area contributed by atoms with Crippen LogP contribution in [0.2, 0.25) is 5.02 Å². The van der Waals surface area contributed by atoms with Crippen LogP contribution in [0.5, 0.6) is 5.75 Å². The number of thiocarbonyl (C=S) groups is 1. The van der Waals surface area contributed by atoms with Crippen LogP contribution in [0.15, 0.2) is 78.5 Å². The third kappa shape index (κ3) is 16.1. The van der Waals surface area contributed by atoms with Crippen molar-refractivity contribution in [2.24, 2.45) is 17.6 Å². The molecule has 85 heavy (non-hydrogen) atoms. The Morgan fingerprint density at radius 3 is 2.40 bits per heavy atom. The number of unbranched alkanes of at least 4 members (excludes halogenated alkanes) is 1. The van der Waals surface area contributed by atoms with Gasteiger partial charge in [-0.2, -0.15) is 0 Å². The maximum atomic E-state index is 14.6. The summed E-state index contributed by atoms with van der Waals surface area (Å²) in [6, 6.07) is 6.98. The van der Waals surface area contributed by atoms with Crippen molar-refractivity contribution in [1.29, 1.82) is 0 Å². The van der Waals surface area contributed by atoms with Crippen LogP contribution < -0.4 is 52.6 Å². The molecule has 9 amide bonds. The second kappa shape index (κ2) is 28.3. The first kappa shape index (κ1) is 64.6. The van der Waals surface area contributed by atoms with Crippen molar-refractivity contribution in [1.82, 2.24) is 36.5 Å². The van der Waals surface area contributed by atoms with Crippen LogP contribution in [0.3, 0.4) is 0 Å². The Kier molecular flexibility index (Phi) is 21.5. The van der Waals surface area contributed by atoms with Crippen LogP contribution in [0.1, 0.15) is 78.7 Å². The number of pyridine rings is 1. The van der Waals surface area contributed by atoms with E-state index in [-0.39, 0.29) is 77.1 Å². The van der Waals surface area contributed by atoms with Crippen molar-refractivity contribution in [3.05, 3.63) is 89.1 Å². The van der Waals surface area contributed by atoms with Crippen molar-refractivity contribution >= 4 is 105 Å². The first-order chi connectivity index (χ1) is 40.4. The summed E-state index contributed by atoms with van der Waals surface area (Å²) in [6.07, 6.45) is 4.44. The van der Waals surface area contributed by atoms with Gasteiger partial charge >= 0.3 is 18.2 Å². The number of amides is 9. The third-order valence-corrected chi connectivity index (χ3v) is 15.9. The first-order valence-corrected chi connectivity index (χ1v) is 28.6. The van der Waals surface area contributed by atoms with Gasteiger partial charge in [0.25, 0.3) is 11.8 Å². The largest absolute Gasteiger partial charge is 0.495 e. The highest BCUT2D eigenvalue weighted by molar-refractivity contribution is 7.80. The molecule has 0 radical (unpaired) electrons. The van der Waals surface area contributed by atoms with E-state index in [9.17, 15) is 43.5 Å². The highest BCUT2D eigenvalue weighted by atomic mass is 35.5. The molecule has 27 heteroatoms. The Bertz CT molecular complexity index is 3140. The molecule has 2 saturated heterocycles. The van der Waals surface area contributed by atoms with Gasteiger partial charge in [-0.1, -0.05) is 56.2 Å². The number of nitrogens with one attached hydrogen (secondary N) is 7. The number of imide groups is 1. The Labute approximate surface area is 502 Å². The van der Waals surface area contributed by atoms with E-state index in [2.05, 4.69) is 42.2 Å². The molecule has 9 atom stereocenters. The lowest BCUT2D eigenvalue weighted by atomic mass is 9.83. The molecule has 4 aliphatic rings. The normalized spacial score (nSPS) is 24.8. The number of hydrogen-bond donors (Lipinski definition) is 9. The number of methoxy groups -OCH3 is 2. The van der Waals surface area contributed by atoms with Gasteiger partial charge in [-0.05, 0) is 106 Å². The standard InChI is InChI=1S/C58H74ClN11O14S/c1-31(2)48(67-54(85)63-22-9-10-25-70-44(71)20-21-45(70)72)52(75)65-38(16-13-24-62-53(60)76)51(74)64-37-19-18-36(35-15-12-23-61-49(35)37)66-55(77)83-43-29-46(73)69(6)39-27-34(28-40(80-7)47(39)59)26-32(3)14-11-17-42(81-8)58(79)30-41(82-56(78)68-58)33(4)50-57(43,5)84-50/h11-12,14-15,17-21,23,27-28,31,33,38,41-43,48,50,79H,9-10,13,16,22,24-26,29-30H2,1-8H3,(H,64,74)(H,65,75)(H,66,77)(H,68,78)(H3,60,62,76)(H2,63,67,85)/b17-11+,32-14+/t33-,38+,41+,42-,43+,48+,50+,57+,58+/m1/s1. The molecular weight excluding hydrogens is 1140 g/mol. The summed E-state index contributed by atoms with van der Waals surface area (Å²) in [7, 11) is 4.41. The van der Waals surface area contributed by atoms with Crippen molar-refractivity contribution in [2.75, 3.05) is 56.4 Å². The molecule has 4 aliphatic heterocycles. The summed E-state index contributed by atoms with van der Waals surface area (Å²) >= 11 is 12.4. The minimum atomic E-state index is -1.91. The Morgan fingerprint density at radius 1 is 0.988 bits per heavy atom. The zero-order valence-electron chi connectivity index (χ0n) is 48.6. The van der Waals surface area contributed by atoms with Crippen LogP contribution >= 0.6 is 23.8 Å². The molecule has 0 spiro atoms. The smallest absolute Gasteiger partial charge is 0.412 e. The summed E-state index contributed by atoms with van der Waals surface area (Å²) < 4.78 is 29.6. The number of fused-ring (bicyclic) bond motifs is 6. The van der Waals surface area contributed by atoms with E-state index >= 15 is 0 Å². The average Bonchev–Trinajstić information content (AvgIpc) is 1.79. The highest BCUT2D eigenvalue weighted by Crippen LogP contribution is 2.49. The number of halogens is 1. The number of aromatic nitrogens is 1. The zero-order chi connectivity index (χ0) is 61.9. The predicted molar refractivity (Wildman–Crippen MR) is 319 cm³/mol. The average molecular weight is 1220 g/mol. The van der Waals surface area contributed by atoms with Gasteiger partial charge in [0.1, 0.15) is 46.8 Å². The summed E-state index contributed by atoms with van der Waals surface area (Å²) in [4.78, 5) is 113. The topological polar surface area (TPSA) is 336 Å². The van der Waals surface area contributed by atoms with E-state index in [4.69, 9.17) is 53.2 Å². The minimum absolute atomic E-state index is 0.0590. The lowest BCUT2D eigenvalue weighted by Gasteiger charge is -2.42. The second-order valence-electron chi connectivity index (χ2n) is 21.9. The van der Waals surface area contributed by atoms with Gasteiger partial charge in [0.15, 0.2) is 10.8 Å². The maximum absolute atomic E-state index is 14.6. The van der Waals surface area contributed by atoms with Gasteiger partial charge in [0.2, 0.25) is 17.7 Å². The molecule has 0 saturated carbocycles. The number of carbonyl (C=O) groups excluding carboxylic acids is 8. The number of allylic oxidation sites excluding steroid dienone is 3. The number of nitrogens with two attached hydrogens (primary N) is 1. The second-order valence-corrected chi connectivity index (χ2v) is 22.6. The number of aliphatic hydroxyl groups is 1. The fourth-order valence-corrected chi connectivity index (χ4v) is 11.0. The zero-order valence-corrected chi connectivity index (χ0v) is 50.2. The van der Waals surface area contributed by atoms with Crippen molar-refractivity contribution in [3.63, 3.8) is 0 Å². The van der Waals surface area contributed by atoms with Crippen LogP contribution in [0.25, 0.3) is 10.9 Å². The number of epoxide rings is 1. The van der Waals surface area contributed by atoms with Crippen molar-refractivity contribution < 1.29 is 67.1 Å². The van der Waals surface area contributed by atoms with E-state index in [1.54, 1.807) is 64.1 Å². The molecule has 458 valence electrons. The molecule has 2 fully saturated rings. The fraction of sp³-hybridized carbons (Fsp3) is 0.483. The number of rotatable bonds is 19. The quantitative estimate of drug-likeness (QED) is 0.0330. The lowest BCUT2D eigenvalue weighted by Crippen LogP contribution is -2.63. The van der Waals surface area contributed by atoms with E-state index in [0.29, 0.717) is 42.6 Å². The summed E-state index contributed by atoms with van der Waals surface area (Å²) in [5.74, 6) is -3.06. The molecule has 10 N–H and O–H groups in total. The van der Waals surface area contributed by atoms with Crippen LogP contribution in [0.4, 0.5) is 31.4 Å². The van der Waals surface area contributed by atoms with Crippen LogP contribution in [-0.4, -0.2) is 157 Å². The number of nitrogens with zero attached hydrogens (tertiary/aromatic N) is 3. The Morgan fingerprint density at radius 2 is 1.71 bits per heavy atom. The molecule has 25 nitrogen and oxygen atoms in total. The number of urea groups is 1.